The monoisotopic (exact) mass is 670 g/mol. The summed E-state index contributed by atoms with van der Waals surface area (Å²) in [6, 6.07) is 16.9. The second kappa shape index (κ2) is 16.5. The standard InChI is InChI=1S/C38H46N4O5S/c1-24(2)9-7-8-20-47-30-16-14-27(15-17-30)29-22-39-34(40-23-29)28-12-10-26(11-13-28)21-31(35(43)41-25(3)37(45)46)42-36(44)32-18-19-33(48-32)38(4,5)6/h10-19,22-25,31H,7-9,20-21H2,1-6H3,(H,41,43)(H,42,44)(H,45,46). The number of carboxylic acid groups (broad SMARTS) is 1. The quantitative estimate of drug-likeness (QED) is 0.113. The number of aliphatic carboxylic acids is 1. The van der Waals surface area contributed by atoms with Gasteiger partial charge in [-0.1, -0.05) is 77.4 Å². The molecule has 3 N–H and O–H groups in total. The average molecular weight is 671 g/mol. The second-order valence-electron chi connectivity index (χ2n) is 13.5. The Bertz CT molecular complexity index is 1660. The van der Waals surface area contributed by atoms with Gasteiger partial charge in [-0.05, 0) is 66.5 Å². The summed E-state index contributed by atoms with van der Waals surface area (Å²) < 4.78 is 5.88. The van der Waals surface area contributed by atoms with Gasteiger partial charge in [0.1, 0.15) is 17.8 Å². The fraction of sp³-hybridized carbons (Fsp3) is 0.395. The van der Waals surface area contributed by atoms with Gasteiger partial charge in [0.2, 0.25) is 5.91 Å². The molecule has 4 rings (SSSR count). The Balaban J connectivity index is 1.40. The largest absolute Gasteiger partial charge is 0.494 e. The van der Waals surface area contributed by atoms with E-state index in [1.807, 2.05) is 54.6 Å². The third-order valence-corrected chi connectivity index (χ3v) is 9.37. The van der Waals surface area contributed by atoms with E-state index >= 15 is 0 Å². The lowest BCUT2D eigenvalue weighted by Crippen LogP contribution is -2.51. The molecule has 254 valence electrons. The van der Waals surface area contributed by atoms with Crippen LogP contribution in [0.5, 0.6) is 5.75 Å². The van der Waals surface area contributed by atoms with Crippen molar-refractivity contribution in [3.8, 4) is 28.3 Å². The fourth-order valence-corrected chi connectivity index (χ4v) is 5.88. The van der Waals surface area contributed by atoms with Gasteiger partial charge in [-0.2, -0.15) is 0 Å². The molecule has 2 amide bonds. The number of rotatable bonds is 15. The van der Waals surface area contributed by atoms with E-state index in [4.69, 9.17) is 4.74 Å². The van der Waals surface area contributed by atoms with Gasteiger partial charge in [-0.15, -0.1) is 11.3 Å². The Morgan fingerprint density at radius 2 is 1.48 bits per heavy atom. The summed E-state index contributed by atoms with van der Waals surface area (Å²) in [5.41, 5.74) is 3.34. The van der Waals surface area contributed by atoms with Crippen molar-refractivity contribution in [3.63, 3.8) is 0 Å². The van der Waals surface area contributed by atoms with Gasteiger partial charge in [0, 0.05) is 34.8 Å². The zero-order chi connectivity index (χ0) is 34.8. The molecule has 9 nitrogen and oxygen atoms in total. The van der Waals surface area contributed by atoms with Crippen LogP contribution in [0.4, 0.5) is 0 Å². The molecule has 0 saturated carbocycles. The van der Waals surface area contributed by atoms with Crippen LogP contribution in [0.25, 0.3) is 22.5 Å². The molecule has 2 unspecified atom stereocenters. The molecule has 2 heterocycles. The van der Waals surface area contributed by atoms with Crippen LogP contribution in [-0.2, 0) is 21.4 Å². The number of hydrogen-bond donors (Lipinski definition) is 3. The minimum atomic E-state index is -1.16. The Kier molecular flexibility index (Phi) is 12.5. The highest BCUT2D eigenvalue weighted by molar-refractivity contribution is 7.14. The van der Waals surface area contributed by atoms with Crippen LogP contribution in [-0.4, -0.2) is 51.5 Å². The SMILES string of the molecule is CC(C)CCCCOc1ccc(-c2cnc(-c3ccc(CC(NC(=O)c4ccc(C(C)(C)C)s4)C(=O)NC(C)C(=O)O)cc3)nc2)cc1. The molecular weight excluding hydrogens is 625 g/mol. The Labute approximate surface area is 287 Å². The molecule has 0 bridgehead atoms. The van der Waals surface area contributed by atoms with Gasteiger partial charge >= 0.3 is 5.97 Å². The van der Waals surface area contributed by atoms with E-state index in [0.717, 1.165) is 39.3 Å². The molecule has 2 aromatic heterocycles. The fourth-order valence-electron chi connectivity index (χ4n) is 4.92. The molecule has 2 aromatic carbocycles. The van der Waals surface area contributed by atoms with Crippen LogP contribution in [0, 0.1) is 5.92 Å². The number of thiophene rings is 1. The van der Waals surface area contributed by atoms with Crippen molar-refractivity contribution in [2.24, 2.45) is 5.92 Å². The van der Waals surface area contributed by atoms with Gasteiger partial charge in [-0.3, -0.25) is 14.4 Å². The summed E-state index contributed by atoms with van der Waals surface area (Å²) in [5.74, 6) is -0.00872. The van der Waals surface area contributed by atoms with E-state index < -0.39 is 24.0 Å². The minimum Gasteiger partial charge on any atom is -0.494 e. The summed E-state index contributed by atoms with van der Waals surface area (Å²) in [7, 11) is 0. The van der Waals surface area contributed by atoms with Gasteiger partial charge in [0.15, 0.2) is 5.82 Å². The number of carbonyl (C=O) groups is 3. The molecule has 0 aliphatic rings. The Hall–Kier alpha value is -4.57. The Morgan fingerprint density at radius 1 is 0.833 bits per heavy atom. The van der Waals surface area contributed by atoms with Crippen LogP contribution >= 0.6 is 11.3 Å². The highest BCUT2D eigenvalue weighted by Crippen LogP contribution is 2.29. The van der Waals surface area contributed by atoms with E-state index in [1.54, 1.807) is 18.5 Å². The van der Waals surface area contributed by atoms with Gasteiger partial charge in [0.05, 0.1) is 11.5 Å². The zero-order valence-electron chi connectivity index (χ0n) is 28.6. The summed E-state index contributed by atoms with van der Waals surface area (Å²) in [6.07, 6.45) is 7.16. The molecule has 2 atom stereocenters. The number of carbonyl (C=O) groups excluding carboxylic acids is 2. The molecule has 0 aliphatic carbocycles. The molecular formula is C38H46N4O5S. The highest BCUT2D eigenvalue weighted by atomic mass is 32.1. The van der Waals surface area contributed by atoms with E-state index in [9.17, 15) is 19.5 Å². The number of aromatic nitrogens is 2. The number of ether oxygens (including phenoxy) is 1. The molecule has 0 aliphatic heterocycles. The van der Waals surface area contributed by atoms with Crippen LogP contribution in [0.15, 0.2) is 73.1 Å². The maximum atomic E-state index is 13.2. The maximum absolute atomic E-state index is 13.2. The van der Waals surface area contributed by atoms with E-state index in [2.05, 4.69) is 55.2 Å². The number of unbranched alkanes of at least 4 members (excludes halogenated alkanes) is 1. The Morgan fingerprint density at radius 3 is 2.06 bits per heavy atom. The van der Waals surface area contributed by atoms with Crippen LogP contribution < -0.4 is 15.4 Å². The van der Waals surface area contributed by atoms with Crippen molar-refractivity contribution in [1.82, 2.24) is 20.6 Å². The minimum absolute atomic E-state index is 0.115. The first-order valence-electron chi connectivity index (χ1n) is 16.4. The lowest BCUT2D eigenvalue weighted by atomic mass is 9.95. The molecule has 4 aromatic rings. The number of nitrogens with one attached hydrogen (secondary N) is 2. The third-order valence-electron chi connectivity index (χ3n) is 7.86. The average Bonchev–Trinajstić information content (AvgIpc) is 3.57. The van der Waals surface area contributed by atoms with E-state index in [-0.39, 0.29) is 17.7 Å². The highest BCUT2D eigenvalue weighted by Gasteiger charge is 2.26. The topological polar surface area (TPSA) is 131 Å². The third kappa shape index (κ3) is 10.5. The van der Waals surface area contributed by atoms with Crippen molar-refractivity contribution >= 4 is 29.1 Å². The van der Waals surface area contributed by atoms with Crippen molar-refractivity contribution < 1.29 is 24.2 Å². The molecule has 0 spiro atoms. The molecule has 0 fully saturated rings. The number of hydrogen-bond acceptors (Lipinski definition) is 7. The van der Waals surface area contributed by atoms with Crippen molar-refractivity contribution in [1.29, 1.82) is 0 Å². The predicted octanol–water partition coefficient (Wildman–Crippen LogP) is 7.31. The van der Waals surface area contributed by atoms with Gasteiger partial charge in [0.25, 0.3) is 5.91 Å². The smallest absolute Gasteiger partial charge is 0.325 e. The molecule has 10 heteroatoms. The maximum Gasteiger partial charge on any atom is 0.325 e. The van der Waals surface area contributed by atoms with Crippen molar-refractivity contribution in [3.05, 3.63) is 88.4 Å². The lowest BCUT2D eigenvalue weighted by molar-refractivity contribution is -0.141. The zero-order valence-corrected chi connectivity index (χ0v) is 29.4. The number of benzene rings is 2. The van der Waals surface area contributed by atoms with Gasteiger partial charge in [-0.25, -0.2) is 9.97 Å². The van der Waals surface area contributed by atoms with Crippen LogP contribution in [0.1, 0.15) is 80.9 Å². The summed E-state index contributed by atoms with van der Waals surface area (Å²) in [6.45, 7) is 12.8. The first-order valence-corrected chi connectivity index (χ1v) is 17.2. The first-order chi connectivity index (χ1) is 22.8. The van der Waals surface area contributed by atoms with E-state index in [1.165, 1.54) is 31.1 Å². The molecule has 0 saturated heterocycles. The molecule has 48 heavy (non-hydrogen) atoms. The summed E-state index contributed by atoms with van der Waals surface area (Å²) >= 11 is 1.37. The van der Waals surface area contributed by atoms with E-state index in [0.29, 0.717) is 23.2 Å². The summed E-state index contributed by atoms with van der Waals surface area (Å²) in [4.78, 5) is 48.4. The number of carboxylic acids is 1. The first kappa shape index (κ1) is 36.3. The van der Waals surface area contributed by atoms with Crippen LogP contribution in [0.2, 0.25) is 0 Å². The van der Waals surface area contributed by atoms with Gasteiger partial charge < -0.3 is 20.5 Å². The predicted molar refractivity (Wildman–Crippen MR) is 190 cm³/mol. The normalized spacial score (nSPS) is 12.7. The van der Waals surface area contributed by atoms with Crippen molar-refractivity contribution in [2.45, 2.75) is 84.7 Å². The van der Waals surface area contributed by atoms with Crippen molar-refractivity contribution in [2.75, 3.05) is 6.61 Å². The molecule has 0 radical (unpaired) electrons. The number of nitrogens with zero attached hydrogens (tertiary/aromatic N) is 2. The van der Waals surface area contributed by atoms with Crippen LogP contribution in [0.3, 0.4) is 0 Å². The second-order valence-corrected chi connectivity index (χ2v) is 14.6. The number of amides is 2. The lowest BCUT2D eigenvalue weighted by Gasteiger charge is -2.20. The summed E-state index contributed by atoms with van der Waals surface area (Å²) in [5, 5.41) is 14.6.